The van der Waals surface area contributed by atoms with E-state index in [9.17, 15) is 4.79 Å². The molecule has 0 aliphatic carbocycles. The Morgan fingerprint density at radius 3 is 2.57 bits per heavy atom. The van der Waals surface area contributed by atoms with Crippen molar-refractivity contribution >= 4 is 52.7 Å². The third kappa shape index (κ3) is 4.97. The Morgan fingerprint density at radius 2 is 2.14 bits per heavy atom. The number of hydrogen-bond donors (Lipinski definition) is 4. The van der Waals surface area contributed by atoms with Gasteiger partial charge in [0.2, 0.25) is 5.11 Å². The maximum atomic E-state index is 10.3. The number of carbonyl (C=O) groups is 1. The average Bonchev–Trinajstić information content (AvgIpc) is 2.15. The molecule has 0 heterocycles. The van der Waals surface area contributed by atoms with Crippen LogP contribution in [-0.2, 0) is 4.79 Å². The number of nitrogens with one attached hydrogen (secondary N) is 2. The summed E-state index contributed by atoms with van der Waals surface area (Å²) in [4.78, 5) is 10.3. The lowest BCUT2D eigenvalue weighted by atomic mass is 10.5. The van der Waals surface area contributed by atoms with E-state index >= 15 is 0 Å². The third-order valence-corrected chi connectivity index (χ3v) is 1.83. The first kappa shape index (κ1) is 13.1. The molecule has 78 valence electrons. The molecule has 0 atom stereocenters. The lowest BCUT2D eigenvalue weighted by molar-refractivity contribution is -0.131. The molecule has 0 saturated heterocycles. The predicted octanol–water partition coefficient (Wildman–Crippen LogP) is 0.0838. The number of carboxylic acids is 1. The van der Waals surface area contributed by atoms with Crippen molar-refractivity contribution in [3.05, 3.63) is 10.1 Å². The lowest BCUT2D eigenvalue weighted by Crippen LogP contribution is -2.37. The van der Waals surface area contributed by atoms with E-state index in [0.717, 1.165) is 6.21 Å². The summed E-state index contributed by atoms with van der Waals surface area (Å²) in [6.45, 7) is 0. The fourth-order valence-electron chi connectivity index (χ4n) is 0.339. The zero-order chi connectivity index (χ0) is 11.1. The maximum absolute atomic E-state index is 10.3. The van der Waals surface area contributed by atoms with E-state index in [2.05, 4.69) is 28.2 Å². The first-order valence-electron chi connectivity index (χ1n) is 3.07. The summed E-state index contributed by atoms with van der Waals surface area (Å²) in [5, 5.41) is 11.1. The van der Waals surface area contributed by atoms with Gasteiger partial charge in [-0.25, -0.2) is 10.6 Å². The number of carboxylic acid groups (broad SMARTS) is 1. The summed E-state index contributed by atoms with van der Waals surface area (Å²) in [5.41, 5.74) is 4.34. The monoisotopic (exact) mass is 256 g/mol. The van der Waals surface area contributed by atoms with Crippen LogP contribution in [0.2, 0.25) is 0 Å². The zero-order valence-corrected chi connectivity index (χ0v) is 8.95. The normalized spacial score (nSPS) is 12.2. The molecule has 0 aliphatic heterocycles. The minimum absolute atomic E-state index is 0.0529. The van der Waals surface area contributed by atoms with Crippen molar-refractivity contribution in [2.75, 3.05) is 0 Å². The molecule has 0 radical (unpaired) electrons. The quantitative estimate of drug-likeness (QED) is 0.188. The summed E-state index contributed by atoms with van der Waals surface area (Å²) in [5.74, 6) is 3.56. The van der Waals surface area contributed by atoms with Crippen LogP contribution in [0.1, 0.15) is 0 Å². The third-order valence-electron chi connectivity index (χ3n) is 0.873. The Morgan fingerprint density at radius 1 is 1.57 bits per heavy atom. The van der Waals surface area contributed by atoms with Crippen LogP contribution in [0.5, 0.6) is 0 Å². The number of hydrazone groups is 1. The largest absolute Gasteiger partial charge is 0.477 e. The van der Waals surface area contributed by atoms with E-state index in [1.54, 1.807) is 0 Å². The highest BCUT2D eigenvalue weighted by molar-refractivity contribution is 7.80. The Labute approximate surface area is 94.7 Å². The van der Waals surface area contributed by atoms with E-state index in [1.165, 1.54) is 0 Å². The van der Waals surface area contributed by atoms with Gasteiger partial charge in [-0.2, -0.15) is 5.10 Å². The van der Waals surface area contributed by atoms with Crippen LogP contribution in [0.15, 0.2) is 15.2 Å². The van der Waals surface area contributed by atoms with Gasteiger partial charge in [-0.05, 0) is 12.2 Å². The molecule has 0 aliphatic rings. The lowest BCUT2D eigenvalue weighted by Gasteiger charge is -1.98. The summed E-state index contributed by atoms with van der Waals surface area (Å²) < 4.78 is 0. The SMILES string of the molecule is NNC(=S)N/N=C/C(Cl)=C(\Cl)C(=O)O. The van der Waals surface area contributed by atoms with Crippen molar-refractivity contribution in [1.82, 2.24) is 10.9 Å². The van der Waals surface area contributed by atoms with Gasteiger partial charge in [-0.1, -0.05) is 23.2 Å². The molecule has 0 aromatic heterocycles. The highest BCUT2D eigenvalue weighted by atomic mass is 35.5. The van der Waals surface area contributed by atoms with Gasteiger partial charge in [-0.15, -0.1) is 0 Å². The summed E-state index contributed by atoms with van der Waals surface area (Å²) in [6.07, 6.45) is 0.988. The van der Waals surface area contributed by atoms with Crippen molar-refractivity contribution in [3.63, 3.8) is 0 Å². The van der Waals surface area contributed by atoms with E-state index in [1.807, 2.05) is 0 Å². The second-order valence-corrected chi connectivity index (χ2v) is 3.00. The van der Waals surface area contributed by atoms with Crippen LogP contribution in [0.4, 0.5) is 0 Å². The number of aliphatic carboxylic acids is 1. The second-order valence-electron chi connectivity index (χ2n) is 1.81. The summed E-state index contributed by atoms with van der Waals surface area (Å²) >= 11 is 15.3. The molecule has 0 unspecified atom stereocenters. The highest BCUT2D eigenvalue weighted by Gasteiger charge is 2.07. The molecule has 0 bridgehead atoms. The Hall–Kier alpha value is -0.890. The number of hydrogen-bond acceptors (Lipinski definition) is 4. The molecule has 0 amide bonds. The summed E-state index contributed by atoms with van der Waals surface area (Å²) in [7, 11) is 0. The maximum Gasteiger partial charge on any atom is 0.348 e. The minimum Gasteiger partial charge on any atom is -0.477 e. The van der Waals surface area contributed by atoms with Crippen LogP contribution < -0.4 is 16.7 Å². The van der Waals surface area contributed by atoms with E-state index < -0.39 is 11.0 Å². The summed E-state index contributed by atoms with van der Waals surface area (Å²) in [6, 6.07) is 0. The first-order valence-corrected chi connectivity index (χ1v) is 4.23. The molecular formula is C5H6Cl2N4O2S. The Kier molecular flexibility index (Phi) is 6.13. The van der Waals surface area contributed by atoms with Gasteiger partial charge in [-0.3, -0.25) is 10.9 Å². The predicted molar refractivity (Wildman–Crippen MR) is 57.9 cm³/mol. The standard InChI is InChI=1S/C5H6Cl2N4O2S/c6-2(3(7)4(12)13)1-9-11-5(14)10-8/h1H,8H2,(H,12,13)(H2,10,11,14)/b3-2+,9-1+. The fraction of sp³-hybridized carbons (Fsp3) is 0. The number of thiocarbonyl (C=S) groups is 1. The molecule has 14 heavy (non-hydrogen) atoms. The van der Waals surface area contributed by atoms with E-state index in [4.69, 9.17) is 34.2 Å². The van der Waals surface area contributed by atoms with E-state index in [0.29, 0.717) is 0 Å². The fourth-order valence-corrected chi connectivity index (χ4v) is 0.570. The molecule has 0 spiro atoms. The molecule has 6 nitrogen and oxygen atoms in total. The molecule has 0 rings (SSSR count). The van der Waals surface area contributed by atoms with Gasteiger partial charge in [0.25, 0.3) is 0 Å². The van der Waals surface area contributed by atoms with Crippen molar-refractivity contribution in [1.29, 1.82) is 0 Å². The van der Waals surface area contributed by atoms with Gasteiger partial charge in [0.15, 0.2) is 0 Å². The van der Waals surface area contributed by atoms with Crippen LogP contribution in [0.3, 0.4) is 0 Å². The molecular weight excluding hydrogens is 251 g/mol. The van der Waals surface area contributed by atoms with Crippen molar-refractivity contribution < 1.29 is 9.90 Å². The number of hydrazine groups is 1. The van der Waals surface area contributed by atoms with Crippen LogP contribution in [0, 0.1) is 0 Å². The van der Waals surface area contributed by atoms with Crippen molar-refractivity contribution in [2.24, 2.45) is 10.9 Å². The number of allylic oxidation sites excluding steroid dienone is 1. The Bertz CT molecular complexity index is 304. The second kappa shape index (κ2) is 6.55. The Balaban J connectivity index is 4.31. The number of nitrogens with zero attached hydrogens (tertiary/aromatic N) is 1. The molecule has 0 fully saturated rings. The van der Waals surface area contributed by atoms with Crippen LogP contribution in [0.25, 0.3) is 0 Å². The zero-order valence-electron chi connectivity index (χ0n) is 6.62. The topological polar surface area (TPSA) is 99.7 Å². The number of nitrogens with two attached hydrogens (primary N) is 1. The van der Waals surface area contributed by atoms with Gasteiger partial charge < -0.3 is 5.11 Å². The minimum atomic E-state index is -1.34. The van der Waals surface area contributed by atoms with E-state index in [-0.39, 0.29) is 10.1 Å². The van der Waals surface area contributed by atoms with Gasteiger partial charge in [0, 0.05) is 0 Å². The molecule has 5 N–H and O–H groups in total. The van der Waals surface area contributed by atoms with Crippen LogP contribution in [-0.4, -0.2) is 22.4 Å². The molecule has 0 aromatic carbocycles. The van der Waals surface area contributed by atoms with Crippen molar-refractivity contribution in [3.8, 4) is 0 Å². The highest BCUT2D eigenvalue weighted by Crippen LogP contribution is 2.11. The number of halogens is 2. The van der Waals surface area contributed by atoms with Crippen LogP contribution >= 0.6 is 35.4 Å². The van der Waals surface area contributed by atoms with Gasteiger partial charge >= 0.3 is 5.97 Å². The smallest absolute Gasteiger partial charge is 0.348 e. The molecule has 0 saturated carbocycles. The van der Waals surface area contributed by atoms with Gasteiger partial charge in [0.1, 0.15) is 5.03 Å². The van der Waals surface area contributed by atoms with Crippen molar-refractivity contribution in [2.45, 2.75) is 0 Å². The molecule has 0 aromatic rings. The first-order chi connectivity index (χ1) is 6.49. The average molecular weight is 257 g/mol. The van der Waals surface area contributed by atoms with Gasteiger partial charge in [0.05, 0.1) is 11.2 Å². The molecule has 9 heteroatoms. The number of rotatable bonds is 3.